The molecule has 1 atom stereocenters. The van der Waals surface area contributed by atoms with Crippen molar-refractivity contribution in [1.82, 2.24) is 15.6 Å². The highest BCUT2D eigenvalue weighted by Crippen LogP contribution is 2.15. The van der Waals surface area contributed by atoms with Crippen molar-refractivity contribution in [1.29, 1.82) is 0 Å². The number of rotatable bonds is 9. The lowest BCUT2D eigenvalue weighted by Gasteiger charge is -2.32. The molecular formula is C20H35N5O2. The van der Waals surface area contributed by atoms with Crippen LogP contribution in [0, 0.1) is 5.92 Å². The summed E-state index contributed by atoms with van der Waals surface area (Å²) in [6.07, 6.45) is 3.27. The molecule has 1 aromatic rings. The molecule has 0 amide bonds. The van der Waals surface area contributed by atoms with Crippen molar-refractivity contribution in [2.75, 3.05) is 51.4 Å². The number of morpholine rings is 1. The van der Waals surface area contributed by atoms with E-state index in [1.165, 1.54) is 0 Å². The van der Waals surface area contributed by atoms with Gasteiger partial charge >= 0.3 is 0 Å². The Labute approximate surface area is 163 Å². The van der Waals surface area contributed by atoms with Crippen molar-refractivity contribution >= 4 is 11.8 Å². The van der Waals surface area contributed by atoms with Crippen molar-refractivity contribution in [3.8, 4) is 0 Å². The molecule has 1 fully saturated rings. The molecule has 2 N–H and O–H groups in total. The summed E-state index contributed by atoms with van der Waals surface area (Å²) in [4.78, 5) is 11.1. The molecule has 1 saturated heterocycles. The van der Waals surface area contributed by atoms with Crippen molar-refractivity contribution in [3.05, 3.63) is 23.9 Å². The molecule has 2 heterocycles. The minimum Gasteiger partial charge on any atom is -0.380 e. The summed E-state index contributed by atoms with van der Waals surface area (Å²) in [5, 5.41) is 6.58. The van der Waals surface area contributed by atoms with Crippen LogP contribution in [-0.4, -0.2) is 63.6 Å². The second-order valence-electron chi connectivity index (χ2n) is 7.30. The number of nitrogens with zero attached hydrogens (tertiary/aromatic N) is 3. The van der Waals surface area contributed by atoms with Crippen LogP contribution in [0.1, 0.15) is 32.8 Å². The highest BCUT2D eigenvalue weighted by Gasteiger charge is 2.17. The summed E-state index contributed by atoms with van der Waals surface area (Å²) in [7, 11) is 1.77. The number of aliphatic imine (C=N–C) groups is 1. The van der Waals surface area contributed by atoms with Gasteiger partial charge in [-0.15, -0.1) is 0 Å². The van der Waals surface area contributed by atoms with Gasteiger partial charge in [0, 0.05) is 46.0 Å². The maximum absolute atomic E-state index is 5.61. The Bertz CT molecular complexity index is 562. The van der Waals surface area contributed by atoms with E-state index in [2.05, 4.69) is 58.4 Å². The van der Waals surface area contributed by atoms with E-state index in [0.29, 0.717) is 19.1 Å². The fourth-order valence-corrected chi connectivity index (χ4v) is 2.80. The summed E-state index contributed by atoms with van der Waals surface area (Å²) < 4.78 is 11.2. The van der Waals surface area contributed by atoms with Gasteiger partial charge in [-0.3, -0.25) is 4.99 Å². The average molecular weight is 378 g/mol. The van der Waals surface area contributed by atoms with E-state index in [9.17, 15) is 0 Å². The largest absolute Gasteiger partial charge is 0.380 e. The van der Waals surface area contributed by atoms with E-state index in [4.69, 9.17) is 9.47 Å². The standard InChI is InChI=1S/C20H35N5O2/c1-16(2)7-10-26-11-8-22-20(21-4)24-14-18-5-6-19(23-13-18)25-9-12-27-17(3)15-25/h5-6,13,16-17H,7-12,14-15H2,1-4H3,(H2,21,22,24). The number of aromatic nitrogens is 1. The lowest BCUT2D eigenvalue weighted by molar-refractivity contribution is 0.0529. The zero-order chi connectivity index (χ0) is 19.5. The summed E-state index contributed by atoms with van der Waals surface area (Å²) in [5.41, 5.74) is 1.12. The molecule has 0 aromatic carbocycles. The van der Waals surface area contributed by atoms with Gasteiger partial charge in [-0.05, 0) is 30.9 Å². The van der Waals surface area contributed by atoms with Crippen molar-refractivity contribution in [3.63, 3.8) is 0 Å². The minimum atomic E-state index is 0.255. The van der Waals surface area contributed by atoms with E-state index in [1.807, 2.05) is 6.20 Å². The van der Waals surface area contributed by atoms with Gasteiger partial charge in [0.2, 0.25) is 0 Å². The molecule has 1 aliphatic heterocycles. The molecule has 0 aliphatic carbocycles. The number of anilines is 1. The predicted molar refractivity (Wildman–Crippen MR) is 110 cm³/mol. The molecule has 7 nitrogen and oxygen atoms in total. The van der Waals surface area contributed by atoms with Gasteiger partial charge in [0.1, 0.15) is 5.82 Å². The Morgan fingerprint density at radius 1 is 1.37 bits per heavy atom. The van der Waals surface area contributed by atoms with E-state index in [-0.39, 0.29) is 6.10 Å². The summed E-state index contributed by atoms with van der Waals surface area (Å²) in [6.45, 7) is 12.0. The molecule has 1 unspecified atom stereocenters. The van der Waals surface area contributed by atoms with E-state index >= 15 is 0 Å². The second-order valence-corrected chi connectivity index (χ2v) is 7.30. The fourth-order valence-electron chi connectivity index (χ4n) is 2.80. The third-order valence-corrected chi connectivity index (χ3v) is 4.44. The van der Waals surface area contributed by atoms with Gasteiger partial charge in [-0.25, -0.2) is 4.98 Å². The smallest absolute Gasteiger partial charge is 0.191 e. The van der Waals surface area contributed by atoms with Crippen LogP contribution in [-0.2, 0) is 16.0 Å². The number of ether oxygens (including phenoxy) is 2. The van der Waals surface area contributed by atoms with Crippen LogP contribution in [0.25, 0.3) is 0 Å². The molecule has 152 valence electrons. The Kier molecular flexibility index (Phi) is 9.35. The first-order valence-electron chi connectivity index (χ1n) is 9.92. The van der Waals surface area contributed by atoms with Crippen molar-refractivity contribution < 1.29 is 9.47 Å². The Morgan fingerprint density at radius 3 is 2.89 bits per heavy atom. The van der Waals surface area contributed by atoms with Crippen LogP contribution in [0.15, 0.2) is 23.3 Å². The third-order valence-electron chi connectivity index (χ3n) is 4.44. The molecule has 1 aliphatic rings. The van der Waals surface area contributed by atoms with E-state index in [0.717, 1.165) is 56.6 Å². The molecule has 27 heavy (non-hydrogen) atoms. The monoisotopic (exact) mass is 377 g/mol. The number of nitrogens with one attached hydrogen (secondary N) is 2. The summed E-state index contributed by atoms with van der Waals surface area (Å²) in [6, 6.07) is 4.19. The molecule has 0 saturated carbocycles. The Hall–Kier alpha value is -1.86. The summed E-state index contributed by atoms with van der Waals surface area (Å²) in [5.74, 6) is 2.46. The second kappa shape index (κ2) is 11.8. The molecule has 0 radical (unpaired) electrons. The topological polar surface area (TPSA) is 71.0 Å². The van der Waals surface area contributed by atoms with Gasteiger partial charge in [-0.1, -0.05) is 19.9 Å². The minimum absolute atomic E-state index is 0.255. The van der Waals surface area contributed by atoms with Gasteiger partial charge in [0.05, 0.1) is 19.3 Å². The Balaban J connectivity index is 1.68. The van der Waals surface area contributed by atoms with E-state index < -0.39 is 0 Å². The first kappa shape index (κ1) is 21.4. The zero-order valence-electron chi connectivity index (χ0n) is 17.2. The SMILES string of the molecule is CN=C(NCCOCCC(C)C)NCc1ccc(N2CCOC(C)C2)nc1. The highest BCUT2D eigenvalue weighted by atomic mass is 16.5. The molecule has 0 bridgehead atoms. The van der Waals surface area contributed by atoms with Crippen LogP contribution in [0.5, 0.6) is 0 Å². The molecule has 2 rings (SSSR count). The third kappa shape index (κ3) is 8.13. The first-order chi connectivity index (χ1) is 13.1. The van der Waals surface area contributed by atoms with Crippen molar-refractivity contribution in [2.24, 2.45) is 10.9 Å². The van der Waals surface area contributed by atoms with Crippen LogP contribution < -0.4 is 15.5 Å². The van der Waals surface area contributed by atoms with Gasteiger partial charge < -0.3 is 25.0 Å². The number of pyridine rings is 1. The Morgan fingerprint density at radius 2 is 2.22 bits per heavy atom. The predicted octanol–water partition coefficient (Wildman–Crippen LogP) is 2.03. The van der Waals surface area contributed by atoms with Gasteiger partial charge in [0.15, 0.2) is 5.96 Å². The lowest BCUT2D eigenvalue weighted by atomic mass is 10.1. The summed E-state index contributed by atoms with van der Waals surface area (Å²) >= 11 is 0. The number of hydrogen-bond donors (Lipinski definition) is 2. The maximum Gasteiger partial charge on any atom is 0.191 e. The van der Waals surface area contributed by atoms with Gasteiger partial charge in [-0.2, -0.15) is 0 Å². The first-order valence-corrected chi connectivity index (χ1v) is 9.92. The van der Waals surface area contributed by atoms with E-state index in [1.54, 1.807) is 7.05 Å². The van der Waals surface area contributed by atoms with Crippen LogP contribution in [0.4, 0.5) is 5.82 Å². The quantitative estimate of drug-likeness (QED) is 0.390. The van der Waals surface area contributed by atoms with Crippen molar-refractivity contribution in [2.45, 2.75) is 39.8 Å². The normalized spacial score (nSPS) is 18.0. The maximum atomic E-state index is 5.61. The van der Waals surface area contributed by atoms with Crippen LogP contribution in [0.2, 0.25) is 0 Å². The molecule has 0 spiro atoms. The number of hydrogen-bond acceptors (Lipinski definition) is 5. The zero-order valence-corrected chi connectivity index (χ0v) is 17.2. The van der Waals surface area contributed by atoms with Crippen LogP contribution >= 0.6 is 0 Å². The number of guanidine groups is 1. The molecule has 7 heteroatoms. The van der Waals surface area contributed by atoms with Crippen LogP contribution in [0.3, 0.4) is 0 Å². The fraction of sp³-hybridized carbons (Fsp3) is 0.700. The molecule has 1 aromatic heterocycles. The van der Waals surface area contributed by atoms with Gasteiger partial charge in [0.25, 0.3) is 0 Å². The highest BCUT2D eigenvalue weighted by molar-refractivity contribution is 5.79. The molecular weight excluding hydrogens is 342 g/mol. The lowest BCUT2D eigenvalue weighted by Crippen LogP contribution is -2.41. The average Bonchev–Trinajstić information content (AvgIpc) is 2.67.